The van der Waals surface area contributed by atoms with Crippen LogP contribution >= 0.6 is 0 Å². The standard InChI is InChI=1S/C14H26N2O2/c1-10(16(3)9-11-4-5-11)8-14(2,13(17)18)15-12-6-7-12/h10-12,15H,4-9H2,1-3H3,(H,17,18). The van der Waals surface area contributed by atoms with Crippen LogP contribution in [0.4, 0.5) is 0 Å². The molecule has 104 valence electrons. The summed E-state index contributed by atoms with van der Waals surface area (Å²) in [4.78, 5) is 13.8. The van der Waals surface area contributed by atoms with Crippen molar-refractivity contribution in [3.63, 3.8) is 0 Å². The summed E-state index contributed by atoms with van der Waals surface area (Å²) < 4.78 is 0. The molecule has 2 unspecified atom stereocenters. The maximum Gasteiger partial charge on any atom is 0.323 e. The molecular weight excluding hydrogens is 228 g/mol. The van der Waals surface area contributed by atoms with Gasteiger partial charge in [-0.25, -0.2) is 0 Å². The van der Waals surface area contributed by atoms with Gasteiger partial charge in [-0.15, -0.1) is 0 Å². The Kier molecular flexibility index (Phi) is 3.97. The van der Waals surface area contributed by atoms with Crippen molar-refractivity contribution < 1.29 is 9.90 Å². The summed E-state index contributed by atoms with van der Waals surface area (Å²) in [6.07, 6.45) is 5.59. The molecule has 2 rings (SSSR count). The van der Waals surface area contributed by atoms with Crippen LogP contribution in [0.1, 0.15) is 46.0 Å². The summed E-state index contributed by atoms with van der Waals surface area (Å²) in [7, 11) is 2.11. The van der Waals surface area contributed by atoms with Crippen LogP contribution in [0.15, 0.2) is 0 Å². The van der Waals surface area contributed by atoms with Gasteiger partial charge in [-0.1, -0.05) is 0 Å². The van der Waals surface area contributed by atoms with E-state index in [9.17, 15) is 9.90 Å². The normalized spacial score (nSPS) is 24.9. The highest BCUT2D eigenvalue weighted by molar-refractivity contribution is 5.78. The van der Waals surface area contributed by atoms with E-state index in [1.54, 1.807) is 0 Å². The third-order valence-corrected chi connectivity index (χ3v) is 4.27. The minimum Gasteiger partial charge on any atom is -0.480 e. The molecule has 0 aromatic heterocycles. The molecule has 0 aromatic carbocycles. The Morgan fingerprint density at radius 2 is 2.06 bits per heavy atom. The van der Waals surface area contributed by atoms with Crippen molar-refractivity contribution in [3.8, 4) is 0 Å². The molecule has 4 nitrogen and oxygen atoms in total. The summed E-state index contributed by atoms with van der Waals surface area (Å²) in [6, 6.07) is 0.727. The van der Waals surface area contributed by atoms with E-state index >= 15 is 0 Å². The van der Waals surface area contributed by atoms with Crippen molar-refractivity contribution in [1.29, 1.82) is 0 Å². The Morgan fingerprint density at radius 1 is 1.44 bits per heavy atom. The van der Waals surface area contributed by atoms with Crippen molar-refractivity contribution in [2.75, 3.05) is 13.6 Å². The first kappa shape index (κ1) is 13.8. The van der Waals surface area contributed by atoms with Crippen LogP contribution < -0.4 is 5.32 Å². The molecular formula is C14H26N2O2. The van der Waals surface area contributed by atoms with E-state index in [2.05, 4.69) is 24.2 Å². The molecule has 18 heavy (non-hydrogen) atoms. The smallest absolute Gasteiger partial charge is 0.323 e. The third-order valence-electron chi connectivity index (χ3n) is 4.27. The fourth-order valence-corrected chi connectivity index (χ4v) is 2.52. The van der Waals surface area contributed by atoms with Gasteiger partial charge in [0.2, 0.25) is 0 Å². The molecule has 0 amide bonds. The molecule has 0 spiro atoms. The largest absolute Gasteiger partial charge is 0.480 e. The van der Waals surface area contributed by atoms with E-state index in [1.807, 2.05) is 6.92 Å². The monoisotopic (exact) mass is 254 g/mol. The molecule has 0 aliphatic heterocycles. The fourth-order valence-electron chi connectivity index (χ4n) is 2.52. The third kappa shape index (κ3) is 3.69. The van der Waals surface area contributed by atoms with Crippen LogP contribution in [0.3, 0.4) is 0 Å². The van der Waals surface area contributed by atoms with E-state index < -0.39 is 11.5 Å². The lowest BCUT2D eigenvalue weighted by atomic mass is 9.92. The summed E-state index contributed by atoms with van der Waals surface area (Å²) in [6.45, 7) is 5.08. The average Bonchev–Trinajstić information content (AvgIpc) is 3.13. The zero-order chi connectivity index (χ0) is 13.3. The molecule has 2 saturated carbocycles. The molecule has 0 heterocycles. The molecule has 2 aliphatic rings. The van der Waals surface area contributed by atoms with Gasteiger partial charge in [0.05, 0.1) is 0 Å². The Hall–Kier alpha value is -0.610. The zero-order valence-corrected chi connectivity index (χ0v) is 11.8. The van der Waals surface area contributed by atoms with Gasteiger partial charge in [0.1, 0.15) is 5.54 Å². The van der Waals surface area contributed by atoms with Gasteiger partial charge in [-0.2, -0.15) is 0 Å². The fraction of sp³-hybridized carbons (Fsp3) is 0.929. The van der Waals surface area contributed by atoms with Crippen LogP contribution in [0.5, 0.6) is 0 Å². The summed E-state index contributed by atoms with van der Waals surface area (Å²) >= 11 is 0. The predicted octanol–water partition coefficient (Wildman–Crippen LogP) is 1.70. The number of carboxylic acid groups (broad SMARTS) is 1. The number of nitrogens with one attached hydrogen (secondary N) is 1. The highest BCUT2D eigenvalue weighted by atomic mass is 16.4. The Labute approximate surface area is 110 Å². The first-order valence-electron chi connectivity index (χ1n) is 7.12. The van der Waals surface area contributed by atoms with Crippen LogP contribution in [-0.4, -0.2) is 47.2 Å². The summed E-state index contributed by atoms with van der Waals surface area (Å²) in [5.74, 6) is 0.131. The second-order valence-corrected chi connectivity index (χ2v) is 6.49. The van der Waals surface area contributed by atoms with E-state index in [0.29, 0.717) is 18.5 Å². The number of carboxylic acids is 1. The molecule has 2 fully saturated rings. The topological polar surface area (TPSA) is 52.6 Å². The molecule has 2 atom stereocenters. The second kappa shape index (κ2) is 5.17. The Bertz CT molecular complexity index is 313. The van der Waals surface area contributed by atoms with E-state index in [1.165, 1.54) is 12.8 Å². The summed E-state index contributed by atoms with van der Waals surface area (Å²) in [5.41, 5.74) is -0.779. The minimum absolute atomic E-state index is 0.304. The van der Waals surface area contributed by atoms with E-state index in [4.69, 9.17) is 0 Å². The number of rotatable bonds is 8. The van der Waals surface area contributed by atoms with Gasteiger partial charge in [-0.05, 0) is 58.9 Å². The molecule has 0 bridgehead atoms. The maximum atomic E-state index is 11.5. The SMILES string of the molecule is CC(CC(C)(NC1CC1)C(=O)O)N(C)CC1CC1. The van der Waals surface area contributed by atoms with Crippen molar-refractivity contribution in [1.82, 2.24) is 10.2 Å². The van der Waals surface area contributed by atoms with Gasteiger partial charge >= 0.3 is 5.97 Å². The van der Waals surface area contributed by atoms with E-state index in [0.717, 1.165) is 25.3 Å². The number of hydrogen-bond acceptors (Lipinski definition) is 3. The molecule has 0 aromatic rings. The van der Waals surface area contributed by atoms with E-state index in [-0.39, 0.29) is 0 Å². The van der Waals surface area contributed by atoms with Crippen molar-refractivity contribution in [3.05, 3.63) is 0 Å². The maximum absolute atomic E-state index is 11.5. The Balaban J connectivity index is 1.87. The molecule has 2 aliphatic carbocycles. The highest BCUT2D eigenvalue weighted by Gasteiger charge is 2.40. The van der Waals surface area contributed by atoms with Gasteiger partial charge in [-0.3, -0.25) is 10.1 Å². The van der Waals surface area contributed by atoms with Crippen molar-refractivity contribution >= 4 is 5.97 Å². The summed E-state index contributed by atoms with van der Waals surface area (Å²) in [5, 5.41) is 12.7. The first-order valence-corrected chi connectivity index (χ1v) is 7.12. The first-order chi connectivity index (χ1) is 8.40. The lowest BCUT2D eigenvalue weighted by molar-refractivity contribution is -0.145. The van der Waals surface area contributed by atoms with Crippen molar-refractivity contribution in [2.24, 2.45) is 5.92 Å². The number of aliphatic carboxylic acids is 1. The number of carbonyl (C=O) groups is 1. The van der Waals surface area contributed by atoms with Gasteiger partial charge in [0, 0.05) is 18.6 Å². The lowest BCUT2D eigenvalue weighted by Crippen LogP contribution is -2.54. The lowest BCUT2D eigenvalue weighted by Gasteiger charge is -2.33. The second-order valence-electron chi connectivity index (χ2n) is 6.49. The number of nitrogens with zero attached hydrogens (tertiary/aromatic N) is 1. The van der Waals surface area contributed by atoms with Crippen LogP contribution in [0.25, 0.3) is 0 Å². The minimum atomic E-state index is -0.779. The molecule has 4 heteroatoms. The van der Waals surface area contributed by atoms with Gasteiger partial charge in [0.25, 0.3) is 0 Å². The van der Waals surface area contributed by atoms with Gasteiger partial charge < -0.3 is 10.0 Å². The molecule has 0 saturated heterocycles. The van der Waals surface area contributed by atoms with Gasteiger partial charge in [0.15, 0.2) is 0 Å². The predicted molar refractivity (Wildman–Crippen MR) is 71.6 cm³/mol. The van der Waals surface area contributed by atoms with Crippen LogP contribution in [-0.2, 0) is 4.79 Å². The van der Waals surface area contributed by atoms with Crippen LogP contribution in [0, 0.1) is 5.92 Å². The quantitative estimate of drug-likeness (QED) is 0.692. The highest BCUT2D eigenvalue weighted by Crippen LogP contribution is 2.31. The number of hydrogen-bond donors (Lipinski definition) is 2. The Morgan fingerprint density at radius 3 is 2.50 bits per heavy atom. The van der Waals surface area contributed by atoms with Crippen LogP contribution in [0.2, 0.25) is 0 Å². The molecule has 2 N–H and O–H groups in total. The molecule has 0 radical (unpaired) electrons. The van der Waals surface area contributed by atoms with Crippen molar-refractivity contribution in [2.45, 2.75) is 63.6 Å². The zero-order valence-electron chi connectivity index (χ0n) is 11.8. The average molecular weight is 254 g/mol.